The van der Waals surface area contributed by atoms with E-state index in [4.69, 9.17) is 21.6 Å². The summed E-state index contributed by atoms with van der Waals surface area (Å²) in [5, 5.41) is 2.77. The van der Waals surface area contributed by atoms with Crippen LogP contribution in [0.4, 0.5) is 5.69 Å². The number of benzene rings is 2. The fourth-order valence-corrected chi connectivity index (χ4v) is 4.64. The van der Waals surface area contributed by atoms with Crippen molar-refractivity contribution in [3.05, 3.63) is 74.4 Å². The molecule has 3 nitrogen and oxygen atoms in total. The van der Waals surface area contributed by atoms with Crippen molar-refractivity contribution in [1.82, 2.24) is 9.97 Å². The van der Waals surface area contributed by atoms with E-state index in [1.165, 1.54) is 0 Å². The first kappa shape index (κ1) is 17.6. The number of fused-ring (bicyclic) bond motifs is 3. The van der Waals surface area contributed by atoms with Gasteiger partial charge in [-0.2, -0.15) is 0 Å². The first-order chi connectivity index (χ1) is 12.5. The lowest BCUT2D eigenvalue weighted by Gasteiger charge is -2.07. The van der Waals surface area contributed by atoms with Crippen LogP contribution in [0.15, 0.2) is 68.7 Å². The van der Waals surface area contributed by atoms with Gasteiger partial charge in [0.25, 0.3) is 0 Å². The molecule has 0 amide bonds. The predicted molar refractivity (Wildman–Crippen MR) is 116 cm³/mol. The Morgan fingerprint density at radius 3 is 2.35 bits per heavy atom. The summed E-state index contributed by atoms with van der Waals surface area (Å²) in [7, 11) is 0. The highest BCUT2D eigenvalue weighted by Gasteiger charge is 2.10. The van der Waals surface area contributed by atoms with Crippen LogP contribution < -0.4 is 0 Å². The summed E-state index contributed by atoms with van der Waals surface area (Å²) in [6.45, 7) is 1.94. The second-order valence-corrected chi connectivity index (χ2v) is 7.97. The second-order valence-electron chi connectivity index (χ2n) is 5.82. The molecule has 0 radical (unpaired) electrons. The monoisotopic (exact) mass is 487 g/mol. The molecule has 2 aromatic heterocycles. The van der Waals surface area contributed by atoms with Gasteiger partial charge in [0.1, 0.15) is 0 Å². The Morgan fingerprint density at radius 1 is 0.962 bits per heavy atom. The van der Waals surface area contributed by atoms with Gasteiger partial charge < -0.3 is 0 Å². The third-order valence-corrected chi connectivity index (χ3v) is 5.49. The summed E-state index contributed by atoms with van der Waals surface area (Å²) < 4.78 is 1.65. The lowest BCUT2D eigenvalue weighted by Crippen LogP contribution is -1.99. The summed E-state index contributed by atoms with van der Waals surface area (Å²) in [6, 6.07) is 15.8. The molecule has 0 saturated heterocycles. The molecule has 4 aromatic rings. The van der Waals surface area contributed by atoms with Gasteiger partial charge in [-0.25, -0.2) is 9.98 Å². The summed E-state index contributed by atoms with van der Waals surface area (Å²) >= 11 is 13.1. The minimum absolute atomic E-state index is 0.640. The maximum Gasteiger partial charge on any atom is 0.0972 e. The zero-order valence-corrected chi connectivity index (χ0v) is 17.6. The molecule has 2 aromatic carbocycles. The maximum atomic E-state index is 6.07. The normalized spacial score (nSPS) is 12.1. The molecular weight excluding hydrogens is 478 g/mol. The van der Waals surface area contributed by atoms with Crippen molar-refractivity contribution in [3.63, 3.8) is 0 Å². The zero-order valence-electron chi connectivity index (χ0n) is 13.7. The van der Waals surface area contributed by atoms with Gasteiger partial charge in [-0.15, -0.1) is 0 Å². The highest BCUT2D eigenvalue weighted by molar-refractivity contribution is 9.11. The van der Waals surface area contributed by atoms with Crippen molar-refractivity contribution >= 4 is 76.7 Å². The Kier molecular flexibility index (Phi) is 4.78. The van der Waals surface area contributed by atoms with E-state index in [0.717, 1.165) is 47.8 Å². The number of pyridine rings is 2. The van der Waals surface area contributed by atoms with E-state index in [2.05, 4.69) is 55.0 Å². The standard InChI is InChI=1S/C20H12Br2ClN3/c1-11(25-20-15(21)9-14(23)10-16(20)22)17-7-6-13-5-4-12-3-2-8-24-18(12)19(13)26-17/h2-10H,1H3. The number of aliphatic imine (C=N–C) groups is 1. The fraction of sp³-hybridized carbons (Fsp3) is 0.0500. The van der Waals surface area contributed by atoms with E-state index in [1.54, 1.807) is 6.20 Å². The van der Waals surface area contributed by atoms with E-state index >= 15 is 0 Å². The molecule has 0 N–H and O–H groups in total. The first-order valence-electron chi connectivity index (χ1n) is 7.87. The lowest BCUT2D eigenvalue weighted by atomic mass is 10.1. The van der Waals surface area contributed by atoms with Crippen LogP contribution in [0.25, 0.3) is 21.8 Å². The van der Waals surface area contributed by atoms with Gasteiger partial charge in [0, 0.05) is 30.9 Å². The summed E-state index contributed by atoms with van der Waals surface area (Å²) in [6.07, 6.45) is 1.79. The fourth-order valence-electron chi connectivity index (χ4n) is 2.79. The van der Waals surface area contributed by atoms with Crippen molar-refractivity contribution in [2.45, 2.75) is 6.92 Å². The minimum atomic E-state index is 0.640. The molecule has 0 aliphatic carbocycles. The lowest BCUT2D eigenvalue weighted by molar-refractivity contribution is 1.32. The van der Waals surface area contributed by atoms with Crippen LogP contribution in [0.2, 0.25) is 5.02 Å². The second kappa shape index (κ2) is 7.06. The topological polar surface area (TPSA) is 38.1 Å². The predicted octanol–water partition coefficient (Wildman–Crippen LogP) is 7.10. The van der Waals surface area contributed by atoms with Gasteiger partial charge in [0.2, 0.25) is 0 Å². The smallest absolute Gasteiger partial charge is 0.0972 e. The molecule has 4 rings (SSSR count). The van der Waals surface area contributed by atoms with E-state index in [1.807, 2.05) is 37.3 Å². The van der Waals surface area contributed by atoms with Crippen LogP contribution in [-0.4, -0.2) is 15.7 Å². The van der Waals surface area contributed by atoms with E-state index in [-0.39, 0.29) is 0 Å². The molecule has 0 bridgehead atoms. The Balaban J connectivity index is 1.87. The summed E-state index contributed by atoms with van der Waals surface area (Å²) in [5.74, 6) is 0. The van der Waals surface area contributed by atoms with Gasteiger partial charge in [-0.05, 0) is 63.0 Å². The largest absolute Gasteiger partial charge is 0.254 e. The van der Waals surface area contributed by atoms with Crippen LogP contribution >= 0.6 is 43.5 Å². The molecule has 0 aliphatic heterocycles. The third kappa shape index (κ3) is 3.27. The first-order valence-corrected chi connectivity index (χ1v) is 9.84. The van der Waals surface area contributed by atoms with E-state index < -0.39 is 0 Å². The van der Waals surface area contributed by atoms with Crippen molar-refractivity contribution in [2.24, 2.45) is 4.99 Å². The number of halogens is 3. The number of hydrogen-bond donors (Lipinski definition) is 0. The van der Waals surface area contributed by atoms with Crippen LogP contribution in [0.5, 0.6) is 0 Å². The number of nitrogens with zero attached hydrogens (tertiary/aromatic N) is 3. The average molecular weight is 490 g/mol. The Morgan fingerprint density at radius 2 is 1.62 bits per heavy atom. The van der Waals surface area contributed by atoms with E-state index in [0.29, 0.717) is 5.02 Å². The average Bonchev–Trinajstić information content (AvgIpc) is 2.64. The van der Waals surface area contributed by atoms with Crippen LogP contribution in [0, 0.1) is 0 Å². The van der Waals surface area contributed by atoms with Crippen LogP contribution in [0.1, 0.15) is 12.6 Å². The molecule has 0 unspecified atom stereocenters. The zero-order chi connectivity index (χ0) is 18.3. The summed E-state index contributed by atoms with van der Waals surface area (Å²) in [5.41, 5.74) is 4.18. The maximum absolute atomic E-state index is 6.07. The number of rotatable bonds is 2. The number of aromatic nitrogens is 2. The SMILES string of the molecule is CC(=Nc1c(Br)cc(Cl)cc1Br)c1ccc2ccc3cccnc3c2n1. The Labute approximate surface area is 172 Å². The molecule has 2 heterocycles. The molecule has 0 aliphatic rings. The van der Waals surface area contributed by atoms with Gasteiger partial charge >= 0.3 is 0 Å². The third-order valence-electron chi connectivity index (χ3n) is 4.06. The van der Waals surface area contributed by atoms with Crippen LogP contribution in [-0.2, 0) is 0 Å². The molecule has 0 atom stereocenters. The van der Waals surface area contributed by atoms with Crippen molar-refractivity contribution in [3.8, 4) is 0 Å². The van der Waals surface area contributed by atoms with Gasteiger partial charge in [0.05, 0.1) is 28.1 Å². The number of hydrogen-bond acceptors (Lipinski definition) is 3. The quantitative estimate of drug-likeness (QED) is 0.222. The highest BCUT2D eigenvalue weighted by Crippen LogP contribution is 2.37. The van der Waals surface area contributed by atoms with Crippen LogP contribution in [0.3, 0.4) is 0 Å². The van der Waals surface area contributed by atoms with Gasteiger partial charge in [-0.1, -0.05) is 35.9 Å². The molecule has 0 saturated carbocycles. The molecule has 128 valence electrons. The Hall–Kier alpha value is -1.82. The minimum Gasteiger partial charge on any atom is -0.254 e. The van der Waals surface area contributed by atoms with Crippen molar-refractivity contribution < 1.29 is 0 Å². The highest BCUT2D eigenvalue weighted by atomic mass is 79.9. The molecule has 26 heavy (non-hydrogen) atoms. The Bertz CT molecular complexity index is 1170. The van der Waals surface area contributed by atoms with E-state index in [9.17, 15) is 0 Å². The van der Waals surface area contributed by atoms with Gasteiger partial charge in [-0.3, -0.25) is 4.98 Å². The van der Waals surface area contributed by atoms with Gasteiger partial charge in [0.15, 0.2) is 0 Å². The molecule has 0 spiro atoms. The van der Waals surface area contributed by atoms with Crippen molar-refractivity contribution in [2.75, 3.05) is 0 Å². The summed E-state index contributed by atoms with van der Waals surface area (Å²) in [4.78, 5) is 14.1. The molecular formula is C20H12Br2ClN3. The molecule has 0 fully saturated rings. The molecule has 6 heteroatoms. The van der Waals surface area contributed by atoms with Crippen molar-refractivity contribution in [1.29, 1.82) is 0 Å².